The van der Waals surface area contributed by atoms with E-state index in [-0.39, 0.29) is 0 Å². The maximum Gasteiger partial charge on any atom is 0.0824 e. The minimum atomic E-state index is 0.550. The summed E-state index contributed by atoms with van der Waals surface area (Å²) in [6, 6.07) is 0. The zero-order valence-corrected chi connectivity index (χ0v) is 5.56. The van der Waals surface area contributed by atoms with Crippen LogP contribution in [0.25, 0.3) is 0 Å². The van der Waals surface area contributed by atoms with E-state index in [9.17, 15) is 0 Å². The van der Waals surface area contributed by atoms with Gasteiger partial charge in [-0.15, -0.1) is 11.6 Å². The van der Waals surface area contributed by atoms with Gasteiger partial charge in [-0.1, -0.05) is 12.2 Å². The quantitative estimate of drug-likeness (QED) is 0.324. The van der Waals surface area contributed by atoms with Crippen molar-refractivity contribution in [2.45, 2.75) is 0 Å². The first-order valence-corrected chi connectivity index (χ1v) is 2.85. The Balaban J connectivity index is 3.13. The molecule has 8 heavy (non-hydrogen) atoms. The molecule has 0 aromatic carbocycles. The number of methoxy groups -OCH3 is 1. The summed E-state index contributed by atoms with van der Waals surface area (Å²) in [6.07, 6.45) is 7.03. The van der Waals surface area contributed by atoms with Crippen molar-refractivity contribution in [1.82, 2.24) is 0 Å². The van der Waals surface area contributed by atoms with Gasteiger partial charge in [-0.3, -0.25) is 0 Å². The number of rotatable bonds is 3. The monoisotopic (exact) mass is 132 g/mol. The average Bonchev–Trinajstić information content (AvgIpc) is 1.81. The summed E-state index contributed by atoms with van der Waals surface area (Å²) < 4.78 is 4.61. The fraction of sp³-hybridized carbons (Fsp3) is 0.333. The first kappa shape index (κ1) is 7.57. The van der Waals surface area contributed by atoms with Crippen LogP contribution in [0.1, 0.15) is 0 Å². The molecule has 0 aliphatic rings. The molecule has 0 amide bonds. The second-order valence-corrected chi connectivity index (χ2v) is 1.46. The van der Waals surface area contributed by atoms with E-state index in [1.54, 1.807) is 19.4 Å². The number of hydrogen-bond acceptors (Lipinski definition) is 1. The predicted molar refractivity (Wildman–Crippen MR) is 36.0 cm³/mol. The average molecular weight is 133 g/mol. The highest BCUT2D eigenvalue weighted by Crippen LogP contribution is 1.79. The van der Waals surface area contributed by atoms with Gasteiger partial charge in [0.05, 0.1) is 13.4 Å². The number of hydrogen-bond donors (Lipinski definition) is 0. The molecule has 0 heterocycles. The number of alkyl halides is 1. The minimum Gasteiger partial charge on any atom is -0.504 e. The standard InChI is InChI=1S/C6H9ClO/c1-8-6-4-2-3-5-7/h2-4,6H,5H2,1H3. The number of allylic oxidation sites excluding steroid dienone is 3. The molecule has 0 N–H and O–H groups in total. The van der Waals surface area contributed by atoms with Crippen molar-refractivity contribution >= 4 is 11.6 Å². The van der Waals surface area contributed by atoms with E-state index in [0.29, 0.717) is 5.88 Å². The van der Waals surface area contributed by atoms with E-state index in [0.717, 1.165) is 0 Å². The van der Waals surface area contributed by atoms with E-state index in [1.807, 2.05) is 12.2 Å². The van der Waals surface area contributed by atoms with E-state index in [2.05, 4.69) is 4.74 Å². The molecule has 0 spiro atoms. The maximum absolute atomic E-state index is 5.32. The lowest BCUT2D eigenvalue weighted by atomic mass is 10.5. The fourth-order valence-corrected chi connectivity index (χ4v) is 0.357. The van der Waals surface area contributed by atoms with Crippen LogP contribution in [0.5, 0.6) is 0 Å². The second-order valence-electron chi connectivity index (χ2n) is 1.15. The van der Waals surface area contributed by atoms with Crippen molar-refractivity contribution in [3.63, 3.8) is 0 Å². The van der Waals surface area contributed by atoms with Gasteiger partial charge in [-0.2, -0.15) is 0 Å². The van der Waals surface area contributed by atoms with Gasteiger partial charge in [0, 0.05) is 5.88 Å². The van der Waals surface area contributed by atoms with Gasteiger partial charge in [-0.05, 0) is 6.08 Å². The molecular formula is C6H9ClO. The van der Waals surface area contributed by atoms with E-state index in [4.69, 9.17) is 11.6 Å². The lowest BCUT2D eigenvalue weighted by molar-refractivity contribution is 0.338. The summed E-state index contributed by atoms with van der Waals surface area (Å²) in [5.41, 5.74) is 0. The first-order valence-electron chi connectivity index (χ1n) is 2.32. The van der Waals surface area contributed by atoms with Crippen molar-refractivity contribution in [3.05, 3.63) is 24.5 Å². The lowest BCUT2D eigenvalue weighted by Gasteiger charge is -1.79. The highest BCUT2D eigenvalue weighted by molar-refractivity contribution is 6.18. The summed E-state index contributed by atoms with van der Waals surface area (Å²) in [6.45, 7) is 0. The second kappa shape index (κ2) is 6.57. The van der Waals surface area contributed by atoms with Crippen molar-refractivity contribution < 1.29 is 4.74 Å². The zero-order chi connectivity index (χ0) is 6.24. The molecule has 1 nitrogen and oxygen atoms in total. The molecule has 0 unspecified atom stereocenters. The Morgan fingerprint density at radius 3 is 2.75 bits per heavy atom. The topological polar surface area (TPSA) is 9.23 Å². The molecule has 0 fully saturated rings. The smallest absolute Gasteiger partial charge is 0.0824 e. The van der Waals surface area contributed by atoms with Crippen LogP contribution in [0.3, 0.4) is 0 Å². The molecule has 0 saturated heterocycles. The summed E-state index contributed by atoms with van der Waals surface area (Å²) in [5.74, 6) is 0.550. The highest BCUT2D eigenvalue weighted by atomic mass is 35.5. The molecule has 0 saturated carbocycles. The zero-order valence-electron chi connectivity index (χ0n) is 4.80. The van der Waals surface area contributed by atoms with Gasteiger partial charge < -0.3 is 4.74 Å². The molecule has 0 atom stereocenters. The fourth-order valence-electron chi connectivity index (χ4n) is 0.254. The first-order chi connectivity index (χ1) is 3.91. The highest BCUT2D eigenvalue weighted by Gasteiger charge is 1.62. The van der Waals surface area contributed by atoms with Crippen LogP contribution in [0.15, 0.2) is 24.5 Å². The minimum absolute atomic E-state index is 0.550. The van der Waals surface area contributed by atoms with Gasteiger partial charge in [-0.25, -0.2) is 0 Å². The van der Waals surface area contributed by atoms with Crippen LogP contribution in [0.4, 0.5) is 0 Å². The third-order valence-electron chi connectivity index (χ3n) is 0.551. The molecule has 0 rings (SSSR count). The van der Waals surface area contributed by atoms with Gasteiger partial charge in [0.1, 0.15) is 0 Å². The van der Waals surface area contributed by atoms with E-state index in [1.165, 1.54) is 0 Å². The molecule has 0 aliphatic carbocycles. The van der Waals surface area contributed by atoms with Crippen molar-refractivity contribution in [1.29, 1.82) is 0 Å². The van der Waals surface area contributed by atoms with Crippen LogP contribution in [-0.2, 0) is 4.74 Å². The molecule has 0 aliphatic heterocycles. The summed E-state index contributed by atoms with van der Waals surface area (Å²) in [4.78, 5) is 0. The molecule has 0 radical (unpaired) electrons. The molecular weight excluding hydrogens is 124 g/mol. The molecule has 2 heteroatoms. The lowest BCUT2D eigenvalue weighted by Crippen LogP contribution is -1.61. The predicted octanol–water partition coefficient (Wildman–Crippen LogP) is 1.94. The summed E-state index contributed by atoms with van der Waals surface area (Å²) in [7, 11) is 1.60. The Morgan fingerprint density at radius 2 is 2.25 bits per heavy atom. The van der Waals surface area contributed by atoms with E-state index >= 15 is 0 Å². The Bertz CT molecular complexity index is 74.5. The van der Waals surface area contributed by atoms with Crippen molar-refractivity contribution in [2.24, 2.45) is 0 Å². The van der Waals surface area contributed by atoms with E-state index < -0.39 is 0 Å². The summed E-state index contributed by atoms with van der Waals surface area (Å²) in [5, 5.41) is 0. The third-order valence-corrected chi connectivity index (χ3v) is 0.729. The Labute approximate surface area is 54.6 Å². The Morgan fingerprint density at radius 1 is 1.50 bits per heavy atom. The molecule has 0 aromatic heterocycles. The maximum atomic E-state index is 5.32. The van der Waals surface area contributed by atoms with Gasteiger partial charge in [0.2, 0.25) is 0 Å². The third kappa shape index (κ3) is 5.57. The van der Waals surface area contributed by atoms with Crippen LogP contribution < -0.4 is 0 Å². The Hall–Kier alpha value is -0.430. The van der Waals surface area contributed by atoms with Crippen molar-refractivity contribution in [2.75, 3.05) is 13.0 Å². The molecule has 0 bridgehead atoms. The Kier molecular flexibility index (Phi) is 6.22. The number of ether oxygens (including phenoxy) is 1. The van der Waals surface area contributed by atoms with Crippen molar-refractivity contribution in [3.8, 4) is 0 Å². The molecule has 0 aromatic rings. The van der Waals surface area contributed by atoms with Gasteiger partial charge in [0.25, 0.3) is 0 Å². The number of halogens is 1. The SMILES string of the molecule is COC=CC=CCCl. The molecule has 46 valence electrons. The van der Waals surface area contributed by atoms with Crippen LogP contribution >= 0.6 is 11.6 Å². The summed E-state index contributed by atoms with van der Waals surface area (Å²) >= 11 is 5.32. The van der Waals surface area contributed by atoms with Gasteiger partial charge >= 0.3 is 0 Å². The normalized spacial score (nSPS) is 11.2. The van der Waals surface area contributed by atoms with Crippen LogP contribution in [0.2, 0.25) is 0 Å². The van der Waals surface area contributed by atoms with Gasteiger partial charge in [0.15, 0.2) is 0 Å². The van der Waals surface area contributed by atoms with Crippen LogP contribution in [-0.4, -0.2) is 13.0 Å². The largest absolute Gasteiger partial charge is 0.504 e. The van der Waals surface area contributed by atoms with Crippen LogP contribution in [0, 0.1) is 0 Å².